The molecule has 2 aliphatic carbocycles. The zero-order valence-electron chi connectivity index (χ0n) is 15.3. The quantitative estimate of drug-likeness (QED) is 0.666. The molecule has 4 atom stereocenters. The van der Waals surface area contributed by atoms with Crippen molar-refractivity contribution in [1.29, 1.82) is 0 Å². The van der Waals surface area contributed by atoms with Gasteiger partial charge in [0.2, 0.25) is 0 Å². The van der Waals surface area contributed by atoms with Crippen LogP contribution in [0.2, 0.25) is 0 Å². The summed E-state index contributed by atoms with van der Waals surface area (Å²) in [5, 5.41) is 22.4. The Morgan fingerprint density at radius 2 is 2.30 bits per heavy atom. The minimum absolute atomic E-state index is 0.0575. The number of phenols is 1. The number of rotatable bonds is 3. The van der Waals surface area contributed by atoms with Gasteiger partial charge in [0.25, 0.3) is 0 Å². The number of likely N-dealkylation sites (tertiary alicyclic amines) is 1. The highest BCUT2D eigenvalue weighted by atomic mass is 16.6. The van der Waals surface area contributed by atoms with E-state index in [1.54, 1.807) is 12.1 Å². The maximum absolute atomic E-state index is 12.1. The van der Waals surface area contributed by atoms with Gasteiger partial charge in [-0.1, -0.05) is 6.07 Å². The highest BCUT2D eigenvalue weighted by molar-refractivity contribution is 5.72. The number of hydrogen-bond donors (Lipinski definition) is 3. The average molecular weight is 372 g/mol. The maximum atomic E-state index is 12.1. The normalized spacial score (nSPS) is 35.9. The molecule has 1 aromatic rings. The van der Waals surface area contributed by atoms with Crippen molar-refractivity contribution in [3.63, 3.8) is 0 Å². The Morgan fingerprint density at radius 1 is 1.48 bits per heavy atom. The third-order valence-electron chi connectivity index (χ3n) is 6.93. The third-order valence-corrected chi connectivity index (χ3v) is 6.93. The molecule has 144 valence electrons. The lowest BCUT2D eigenvalue weighted by Crippen LogP contribution is -2.74. The summed E-state index contributed by atoms with van der Waals surface area (Å²) in [6, 6.07) is 3.51. The molecule has 1 fully saturated rings. The summed E-state index contributed by atoms with van der Waals surface area (Å²) >= 11 is 0. The first kappa shape index (κ1) is 17.0. The number of carbonyl (C=O) groups is 1. The first-order valence-corrected chi connectivity index (χ1v) is 9.48. The van der Waals surface area contributed by atoms with E-state index in [4.69, 9.17) is 15.2 Å². The van der Waals surface area contributed by atoms with E-state index in [0.29, 0.717) is 30.8 Å². The van der Waals surface area contributed by atoms with Gasteiger partial charge in [-0.15, -0.1) is 0 Å². The molecule has 4 aliphatic rings. The van der Waals surface area contributed by atoms with Crippen LogP contribution < -0.4 is 10.5 Å². The standard InChI is InChI=1S/C20H24N2O5/c1-22-9-7-19-16-11-2-3-12(23)17(16)27-18(19)13(26-15(24)5-8-21)4-6-20(19,25)14(22)10-11/h2-4,14,18,23,25H,5-10,21H2,1H3/t14-,18-,19-,20+/m0/s1. The number of likely N-dealkylation sites (N-methyl/N-ethyl adjacent to an activating group) is 1. The summed E-state index contributed by atoms with van der Waals surface area (Å²) in [6.45, 7) is 1.01. The van der Waals surface area contributed by atoms with Crippen LogP contribution in [0.3, 0.4) is 0 Å². The molecule has 1 saturated heterocycles. The molecule has 0 amide bonds. The van der Waals surface area contributed by atoms with Gasteiger partial charge in [-0.3, -0.25) is 4.79 Å². The fourth-order valence-corrected chi connectivity index (χ4v) is 5.74. The monoisotopic (exact) mass is 372 g/mol. The minimum Gasteiger partial charge on any atom is -0.504 e. The molecule has 2 aliphatic heterocycles. The van der Waals surface area contributed by atoms with E-state index in [-0.39, 0.29) is 24.8 Å². The van der Waals surface area contributed by atoms with E-state index in [9.17, 15) is 15.0 Å². The smallest absolute Gasteiger partial charge is 0.312 e. The topological polar surface area (TPSA) is 105 Å². The first-order valence-electron chi connectivity index (χ1n) is 9.48. The van der Waals surface area contributed by atoms with E-state index in [0.717, 1.165) is 17.7 Å². The second-order valence-electron chi connectivity index (χ2n) is 8.12. The molecule has 7 heteroatoms. The van der Waals surface area contributed by atoms with Crippen LogP contribution in [0.4, 0.5) is 0 Å². The number of carbonyl (C=O) groups excluding carboxylic acids is 1. The molecule has 0 saturated carbocycles. The number of ether oxygens (including phenoxy) is 2. The SMILES string of the molecule is CN1CC[C@]23c4c5ccc(O)c4O[C@H]2C(OC(=O)CCN)=CC[C@@]3(O)[C@@H]1C5. The number of phenolic OH excluding ortho intramolecular Hbond substituents is 1. The van der Waals surface area contributed by atoms with Crippen LogP contribution in [0.5, 0.6) is 11.5 Å². The van der Waals surface area contributed by atoms with Crippen molar-refractivity contribution in [3.8, 4) is 11.5 Å². The second-order valence-corrected chi connectivity index (χ2v) is 8.12. The van der Waals surface area contributed by atoms with Crippen molar-refractivity contribution in [2.75, 3.05) is 20.1 Å². The number of nitrogens with zero attached hydrogens (tertiary/aromatic N) is 1. The number of hydrogen-bond acceptors (Lipinski definition) is 7. The predicted octanol–water partition coefficient (Wildman–Crippen LogP) is 0.562. The molecule has 27 heavy (non-hydrogen) atoms. The summed E-state index contributed by atoms with van der Waals surface area (Å²) < 4.78 is 11.8. The van der Waals surface area contributed by atoms with E-state index >= 15 is 0 Å². The van der Waals surface area contributed by atoms with Gasteiger partial charge < -0.3 is 30.3 Å². The van der Waals surface area contributed by atoms with Crippen LogP contribution in [-0.2, 0) is 21.4 Å². The van der Waals surface area contributed by atoms with Crippen LogP contribution in [0, 0.1) is 0 Å². The van der Waals surface area contributed by atoms with Crippen LogP contribution in [-0.4, -0.2) is 59.0 Å². The Morgan fingerprint density at radius 3 is 3.07 bits per heavy atom. The van der Waals surface area contributed by atoms with Gasteiger partial charge in [-0.05, 0) is 44.1 Å². The Labute approximate surface area is 157 Å². The lowest BCUT2D eigenvalue weighted by Gasteiger charge is -2.61. The molecular formula is C20H24N2O5. The molecule has 1 aromatic carbocycles. The zero-order valence-corrected chi connectivity index (χ0v) is 15.3. The minimum atomic E-state index is -1.04. The molecule has 5 rings (SSSR count). The van der Waals surface area contributed by atoms with Crippen molar-refractivity contribution >= 4 is 5.97 Å². The van der Waals surface area contributed by atoms with Crippen molar-refractivity contribution in [2.24, 2.45) is 5.73 Å². The van der Waals surface area contributed by atoms with Gasteiger partial charge in [0, 0.05) is 24.6 Å². The van der Waals surface area contributed by atoms with Gasteiger partial charge >= 0.3 is 5.97 Å². The zero-order chi connectivity index (χ0) is 19.0. The number of benzene rings is 1. The van der Waals surface area contributed by atoms with Crippen LogP contribution >= 0.6 is 0 Å². The third kappa shape index (κ3) is 1.94. The van der Waals surface area contributed by atoms with Gasteiger partial charge in [-0.25, -0.2) is 0 Å². The summed E-state index contributed by atoms with van der Waals surface area (Å²) in [5.41, 5.74) is 5.68. The molecule has 7 nitrogen and oxygen atoms in total. The predicted molar refractivity (Wildman–Crippen MR) is 96.4 cm³/mol. The molecule has 2 bridgehead atoms. The average Bonchev–Trinajstić information content (AvgIpc) is 2.98. The second kappa shape index (κ2) is 5.47. The number of nitrogens with two attached hydrogens (primary N) is 1. The number of aliphatic hydroxyl groups is 1. The molecule has 0 aromatic heterocycles. The maximum Gasteiger partial charge on any atom is 0.312 e. The van der Waals surface area contributed by atoms with E-state index in [1.165, 1.54) is 0 Å². The summed E-state index contributed by atoms with van der Waals surface area (Å²) in [4.78, 5) is 14.3. The van der Waals surface area contributed by atoms with Crippen LogP contribution in [0.1, 0.15) is 30.4 Å². The molecular weight excluding hydrogens is 348 g/mol. The van der Waals surface area contributed by atoms with Crippen molar-refractivity contribution < 1.29 is 24.5 Å². The van der Waals surface area contributed by atoms with Gasteiger partial charge in [0.05, 0.1) is 17.4 Å². The molecule has 4 N–H and O–H groups in total. The van der Waals surface area contributed by atoms with Crippen molar-refractivity contribution in [1.82, 2.24) is 4.90 Å². The van der Waals surface area contributed by atoms with Gasteiger partial charge in [0.15, 0.2) is 17.6 Å². The summed E-state index contributed by atoms with van der Waals surface area (Å²) in [6.07, 6.45) is 3.01. The molecule has 0 radical (unpaired) electrons. The Kier molecular flexibility index (Phi) is 3.45. The first-order chi connectivity index (χ1) is 12.9. The van der Waals surface area contributed by atoms with Crippen LogP contribution in [0.15, 0.2) is 24.0 Å². The number of piperidine rings is 1. The lowest BCUT2D eigenvalue weighted by atomic mass is 9.50. The van der Waals surface area contributed by atoms with Gasteiger partial charge in [-0.2, -0.15) is 0 Å². The highest BCUT2D eigenvalue weighted by Crippen LogP contribution is 2.65. The summed E-state index contributed by atoms with van der Waals surface area (Å²) in [7, 11) is 2.03. The fraction of sp³-hybridized carbons (Fsp3) is 0.550. The lowest BCUT2D eigenvalue weighted by molar-refractivity contribution is -0.169. The Hall–Kier alpha value is -2.09. The Balaban J connectivity index is 1.69. The number of aromatic hydroxyl groups is 1. The number of esters is 1. The fourth-order valence-electron chi connectivity index (χ4n) is 5.74. The highest BCUT2D eigenvalue weighted by Gasteiger charge is 2.72. The Bertz CT molecular complexity index is 868. The van der Waals surface area contributed by atoms with Crippen molar-refractivity contribution in [2.45, 2.75) is 48.8 Å². The molecule has 1 spiro atoms. The largest absolute Gasteiger partial charge is 0.504 e. The molecule has 0 unspecified atom stereocenters. The van der Waals surface area contributed by atoms with Crippen molar-refractivity contribution in [3.05, 3.63) is 35.1 Å². The van der Waals surface area contributed by atoms with Gasteiger partial charge in [0.1, 0.15) is 5.76 Å². The van der Waals surface area contributed by atoms with E-state index in [2.05, 4.69) is 4.90 Å². The summed E-state index contributed by atoms with van der Waals surface area (Å²) in [5.74, 6) is 0.492. The van der Waals surface area contributed by atoms with Crippen LogP contribution in [0.25, 0.3) is 0 Å². The van der Waals surface area contributed by atoms with E-state index in [1.807, 2.05) is 13.1 Å². The molecule has 2 heterocycles. The van der Waals surface area contributed by atoms with E-state index < -0.39 is 23.1 Å².